The van der Waals surface area contributed by atoms with E-state index in [0.717, 1.165) is 37.0 Å². The molecule has 1 saturated heterocycles. The summed E-state index contributed by atoms with van der Waals surface area (Å²) >= 11 is 1.42. The number of nitrogens with two attached hydrogens (primary N) is 1. The number of rotatable bonds is 3. The van der Waals surface area contributed by atoms with Crippen LogP contribution >= 0.6 is 11.5 Å². The zero-order chi connectivity index (χ0) is 14.7. The fraction of sp³-hybridized carbons (Fsp3) is 0.769. The highest BCUT2D eigenvalue weighted by molar-refractivity contribution is 7.09. The standard InChI is InChI=1S/C13H23N5OS/c1-9(2)11(14)12(19)17-5-4-6-18(8-7-17)13-15-10(3)16-20-13/h9,11H,4-8,14H2,1-3H3/t11-/m0/s1. The average Bonchev–Trinajstić information content (AvgIpc) is 2.71. The van der Waals surface area contributed by atoms with Gasteiger partial charge in [0.15, 0.2) is 0 Å². The zero-order valence-electron chi connectivity index (χ0n) is 12.4. The van der Waals surface area contributed by atoms with E-state index >= 15 is 0 Å². The SMILES string of the molecule is Cc1nsc(N2CCCN(C(=O)[C@@H](N)C(C)C)CC2)n1. The van der Waals surface area contributed by atoms with Crippen LogP contribution in [0.2, 0.25) is 0 Å². The zero-order valence-corrected chi connectivity index (χ0v) is 13.2. The van der Waals surface area contributed by atoms with E-state index in [2.05, 4.69) is 14.3 Å². The summed E-state index contributed by atoms with van der Waals surface area (Å²) in [5.74, 6) is 1.05. The molecule has 1 amide bonds. The molecular weight excluding hydrogens is 274 g/mol. The fourth-order valence-electron chi connectivity index (χ4n) is 2.24. The second kappa shape index (κ2) is 6.49. The van der Waals surface area contributed by atoms with E-state index in [1.807, 2.05) is 25.7 Å². The number of hydrogen-bond donors (Lipinski definition) is 1. The van der Waals surface area contributed by atoms with Gasteiger partial charge in [0.2, 0.25) is 11.0 Å². The molecule has 20 heavy (non-hydrogen) atoms. The third-order valence-corrected chi connectivity index (χ3v) is 4.47. The number of carbonyl (C=O) groups excluding carboxylic acids is 1. The number of aromatic nitrogens is 2. The predicted octanol–water partition coefficient (Wildman–Crippen LogP) is 0.869. The molecule has 1 atom stereocenters. The number of anilines is 1. The Balaban J connectivity index is 1.97. The molecule has 0 aromatic carbocycles. The topological polar surface area (TPSA) is 75.4 Å². The van der Waals surface area contributed by atoms with Gasteiger partial charge >= 0.3 is 0 Å². The Morgan fingerprint density at radius 3 is 2.65 bits per heavy atom. The van der Waals surface area contributed by atoms with E-state index in [9.17, 15) is 4.79 Å². The fourth-order valence-corrected chi connectivity index (χ4v) is 2.97. The van der Waals surface area contributed by atoms with Gasteiger partial charge in [0.1, 0.15) is 5.82 Å². The largest absolute Gasteiger partial charge is 0.345 e. The number of hydrogen-bond acceptors (Lipinski definition) is 6. The first kappa shape index (κ1) is 15.2. The first-order valence-electron chi connectivity index (χ1n) is 7.08. The summed E-state index contributed by atoms with van der Waals surface area (Å²) in [5, 5.41) is 0.949. The van der Waals surface area contributed by atoms with Crippen LogP contribution in [-0.4, -0.2) is 52.4 Å². The van der Waals surface area contributed by atoms with Gasteiger partial charge in [-0.2, -0.15) is 4.37 Å². The molecule has 0 unspecified atom stereocenters. The van der Waals surface area contributed by atoms with Crippen LogP contribution in [0.25, 0.3) is 0 Å². The summed E-state index contributed by atoms with van der Waals surface area (Å²) in [6, 6.07) is -0.398. The van der Waals surface area contributed by atoms with E-state index in [0.29, 0.717) is 6.54 Å². The van der Waals surface area contributed by atoms with Gasteiger partial charge in [-0.1, -0.05) is 13.8 Å². The first-order chi connectivity index (χ1) is 9.49. The van der Waals surface area contributed by atoms with Gasteiger partial charge in [0.05, 0.1) is 6.04 Å². The summed E-state index contributed by atoms with van der Waals surface area (Å²) in [6.07, 6.45) is 0.940. The summed E-state index contributed by atoms with van der Waals surface area (Å²) in [7, 11) is 0. The average molecular weight is 297 g/mol. The van der Waals surface area contributed by atoms with Crippen LogP contribution in [0.3, 0.4) is 0 Å². The van der Waals surface area contributed by atoms with E-state index in [1.165, 1.54) is 11.5 Å². The van der Waals surface area contributed by atoms with Crippen LogP contribution in [-0.2, 0) is 4.79 Å². The maximum absolute atomic E-state index is 12.3. The van der Waals surface area contributed by atoms with Gasteiger partial charge < -0.3 is 15.5 Å². The molecule has 2 N–H and O–H groups in total. The predicted molar refractivity (Wildman–Crippen MR) is 80.9 cm³/mol. The van der Waals surface area contributed by atoms with Crippen molar-refractivity contribution in [2.24, 2.45) is 11.7 Å². The maximum Gasteiger partial charge on any atom is 0.239 e. The van der Waals surface area contributed by atoms with E-state index < -0.39 is 6.04 Å². The molecule has 1 fully saturated rings. The molecule has 0 bridgehead atoms. The van der Waals surface area contributed by atoms with Crippen molar-refractivity contribution < 1.29 is 4.79 Å². The maximum atomic E-state index is 12.3. The normalized spacial score (nSPS) is 18.2. The van der Waals surface area contributed by atoms with Crippen LogP contribution in [0.15, 0.2) is 0 Å². The number of nitrogens with zero attached hydrogens (tertiary/aromatic N) is 4. The van der Waals surface area contributed by atoms with E-state index in [1.54, 1.807) is 0 Å². The minimum absolute atomic E-state index is 0.0651. The molecule has 1 aliphatic rings. The van der Waals surface area contributed by atoms with Crippen molar-refractivity contribution in [1.82, 2.24) is 14.3 Å². The molecule has 0 saturated carbocycles. The van der Waals surface area contributed by atoms with Crippen LogP contribution in [0.1, 0.15) is 26.1 Å². The van der Waals surface area contributed by atoms with Gasteiger partial charge in [-0.3, -0.25) is 4.79 Å². The highest BCUT2D eigenvalue weighted by atomic mass is 32.1. The third-order valence-electron chi connectivity index (χ3n) is 3.60. The summed E-state index contributed by atoms with van der Waals surface area (Å²) in [5.41, 5.74) is 5.97. The van der Waals surface area contributed by atoms with Crippen molar-refractivity contribution in [3.63, 3.8) is 0 Å². The molecule has 112 valence electrons. The van der Waals surface area contributed by atoms with Crippen molar-refractivity contribution in [2.75, 3.05) is 31.1 Å². The van der Waals surface area contributed by atoms with Crippen molar-refractivity contribution in [2.45, 2.75) is 33.2 Å². The first-order valence-corrected chi connectivity index (χ1v) is 7.86. The number of aryl methyl sites for hydroxylation is 1. The van der Waals surface area contributed by atoms with Crippen LogP contribution in [0.5, 0.6) is 0 Å². The molecule has 2 heterocycles. The van der Waals surface area contributed by atoms with Crippen LogP contribution in [0, 0.1) is 12.8 Å². The summed E-state index contributed by atoms with van der Waals surface area (Å²) < 4.78 is 4.22. The minimum Gasteiger partial charge on any atom is -0.345 e. The minimum atomic E-state index is -0.398. The molecule has 0 spiro atoms. The lowest BCUT2D eigenvalue weighted by Crippen LogP contribution is -2.47. The van der Waals surface area contributed by atoms with E-state index in [4.69, 9.17) is 5.73 Å². The van der Waals surface area contributed by atoms with Crippen LogP contribution in [0.4, 0.5) is 5.13 Å². The molecule has 1 aromatic rings. The highest BCUT2D eigenvalue weighted by Crippen LogP contribution is 2.19. The smallest absolute Gasteiger partial charge is 0.239 e. The van der Waals surface area contributed by atoms with Gasteiger partial charge in [0, 0.05) is 37.7 Å². The second-order valence-corrected chi connectivity index (χ2v) is 6.29. The van der Waals surface area contributed by atoms with Gasteiger partial charge in [-0.15, -0.1) is 0 Å². The Kier molecular flexibility index (Phi) is 4.93. The molecule has 1 aromatic heterocycles. The lowest BCUT2D eigenvalue weighted by molar-refractivity contribution is -0.133. The molecule has 0 aliphatic carbocycles. The Labute approximate surface area is 124 Å². The Morgan fingerprint density at radius 1 is 1.30 bits per heavy atom. The second-order valence-electron chi connectivity index (χ2n) is 5.56. The quantitative estimate of drug-likeness (QED) is 0.896. The Bertz CT molecular complexity index is 461. The number of carbonyl (C=O) groups is 1. The van der Waals surface area contributed by atoms with Crippen molar-refractivity contribution in [3.8, 4) is 0 Å². The molecular formula is C13H23N5OS. The molecule has 0 radical (unpaired) electrons. The van der Waals surface area contributed by atoms with Gasteiger partial charge in [-0.05, 0) is 19.3 Å². The molecule has 2 rings (SSSR count). The summed E-state index contributed by atoms with van der Waals surface area (Å²) in [4.78, 5) is 20.8. The van der Waals surface area contributed by atoms with Crippen LogP contribution < -0.4 is 10.6 Å². The molecule has 6 nitrogen and oxygen atoms in total. The van der Waals surface area contributed by atoms with Crippen molar-refractivity contribution in [1.29, 1.82) is 0 Å². The molecule has 7 heteroatoms. The van der Waals surface area contributed by atoms with Crippen molar-refractivity contribution >= 4 is 22.6 Å². The third kappa shape index (κ3) is 3.46. The monoisotopic (exact) mass is 297 g/mol. The van der Waals surface area contributed by atoms with Gasteiger partial charge in [0.25, 0.3) is 0 Å². The molecule has 1 aliphatic heterocycles. The van der Waals surface area contributed by atoms with Crippen molar-refractivity contribution in [3.05, 3.63) is 5.82 Å². The lowest BCUT2D eigenvalue weighted by Gasteiger charge is -2.26. The van der Waals surface area contributed by atoms with E-state index in [-0.39, 0.29) is 11.8 Å². The number of amides is 1. The lowest BCUT2D eigenvalue weighted by atomic mass is 10.0. The van der Waals surface area contributed by atoms with Gasteiger partial charge in [-0.25, -0.2) is 4.98 Å². The Morgan fingerprint density at radius 2 is 2.05 bits per heavy atom. The summed E-state index contributed by atoms with van der Waals surface area (Å²) in [6.45, 7) is 9.05. The highest BCUT2D eigenvalue weighted by Gasteiger charge is 2.26. The Hall–Kier alpha value is -1.21.